The van der Waals surface area contributed by atoms with Crippen LogP contribution in [0.15, 0.2) is 0 Å². The van der Waals surface area contributed by atoms with Crippen LogP contribution in [0.4, 0.5) is 0 Å². The molecule has 2 N–H and O–H groups in total. The maximum Gasteiger partial charge on any atom is 0.0902 e. The van der Waals surface area contributed by atoms with E-state index in [-0.39, 0.29) is 6.61 Å². The smallest absolute Gasteiger partial charge is 0.0902 e. The molecule has 54 valence electrons. The summed E-state index contributed by atoms with van der Waals surface area (Å²) in [5.74, 6) is 0.382. The molecular formula is C7H14O2. The predicted molar refractivity (Wildman–Crippen MR) is 35.1 cm³/mol. The molecule has 1 rings (SSSR count). The van der Waals surface area contributed by atoms with Crippen LogP contribution in [-0.2, 0) is 0 Å². The highest BCUT2D eigenvalue weighted by molar-refractivity contribution is 4.92. The SMILES string of the molecule is CCC(O)(CO)C1CC1. The molecule has 1 aliphatic rings. The quantitative estimate of drug-likeness (QED) is 0.585. The highest BCUT2D eigenvalue weighted by Crippen LogP contribution is 2.40. The zero-order valence-electron chi connectivity index (χ0n) is 5.80. The molecule has 0 amide bonds. The average Bonchev–Trinajstić information content (AvgIpc) is 2.68. The molecule has 9 heavy (non-hydrogen) atoms. The summed E-state index contributed by atoms with van der Waals surface area (Å²) in [6.45, 7) is 1.84. The molecule has 0 saturated heterocycles. The van der Waals surface area contributed by atoms with Gasteiger partial charge in [-0.15, -0.1) is 0 Å². The number of rotatable bonds is 3. The second-order valence-corrected chi connectivity index (χ2v) is 2.89. The Balaban J connectivity index is 2.43. The molecular weight excluding hydrogens is 116 g/mol. The summed E-state index contributed by atoms with van der Waals surface area (Å²) in [7, 11) is 0. The summed E-state index contributed by atoms with van der Waals surface area (Å²) in [5, 5.41) is 18.3. The molecule has 0 spiro atoms. The number of hydrogen-bond acceptors (Lipinski definition) is 2. The van der Waals surface area contributed by atoms with E-state index in [9.17, 15) is 5.11 Å². The molecule has 0 heterocycles. The van der Waals surface area contributed by atoms with Crippen LogP contribution in [0.2, 0.25) is 0 Å². The van der Waals surface area contributed by atoms with E-state index in [2.05, 4.69) is 0 Å². The first-order valence-electron chi connectivity index (χ1n) is 3.56. The molecule has 0 aromatic carbocycles. The Hall–Kier alpha value is -0.0800. The van der Waals surface area contributed by atoms with E-state index in [4.69, 9.17) is 5.11 Å². The van der Waals surface area contributed by atoms with Gasteiger partial charge in [0.1, 0.15) is 0 Å². The Morgan fingerprint density at radius 3 is 2.22 bits per heavy atom. The minimum atomic E-state index is -0.750. The van der Waals surface area contributed by atoms with Crippen LogP contribution in [0.3, 0.4) is 0 Å². The van der Waals surface area contributed by atoms with E-state index >= 15 is 0 Å². The van der Waals surface area contributed by atoms with Crippen molar-refractivity contribution in [1.82, 2.24) is 0 Å². The Morgan fingerprint density at radius 2 is 2.11 bits per heavy atom. The molecule has 1 saturated carbocycles. The van der Waals surface area contributed by atoms with Crippen LogP contribution >= 0.6 is 0 Å². The monoisotopic (exact) mass is 130 g/mol. The molecule has 0 bridgehead atoms. The topological polar surface area (TPSA) is 40.5 Å². The maximum atomic E-state index is 9.52. The molecule has 2 heteroatoms. The first kappa shape index (κ1) is 7.03. The van der Waals surface area contributed by atoms with Gasteiger partial charge in [-0.25, -0.2) is 0 Å². The largest absolute Gasteiger partial charge is 0.393 e. The maximum absolute atomic E-state index is 9.52. The van der Waals surface area contributed by atoms with Crippen LogP contribution in [0.25, 0.3) is 0 Å². The highest BCUT2D eigenvalue weighted by atomic mass is 16.3. The minimum absolute atomic E-state index is 0.0752. The van der Waals surface area contributed by atoms with Crippen molar-refractivity contribution in [3.63, 3.8) is 0 Å². The van der Waals surface area contributed by atoms with Gasteiger partial charge in [0.15, 0.2) is 0 Å². The third-order valence-electron chi connectivity index (χ3n) is 2.22. The van der Waals surface area contributed by atoms with Crippen molar-refractivity contribution in [1.29, 1.82) is 0 Å². The summed E-state index contributed by atoms with van der Waals surface area (Å²) in [6.07, 6.45) is 2.85. The molecule has 1 unspecified atom stereocenters. The Bertz CT molecular complexity index is 93.1. The molecule has 0 aromatic rings. The van der Waals surface area contributed by atoms with Gasteiger partial charge in [-0.2, -0.15) is 0 Å². The zero-order valence-corrected chi connectivity index (χ0v) is 5.80. The van der Waals surface area contributed by atoms with E-state index in [1.165, 1.54) is 0 Å². The predicted octanol–water partition coefficient (Wildman–Crippen LogP) is 0.530. The lowest BCUT2D eigenvalue weighted by Gasteiger charge is -2.23. The summed E-state index contributed by atoms with van der Waals surface area (Å²) >= 11 is 0. The van der Waals surface area contributed by atoms with Crippen LogP contribution in [0.1, 0.15) is 26.2 Å². The van der Waals surface area contributed by atoms with E-state index in [0.29, 0.717) is 12.3 Å². The lowest BCUT2D eigenvalue weighted by Crippen LogP contribution is -2.34. The molecule has 2 nitrogen and oxygen atoms in total. The van der Waals surface area contributed by atoms with Crippen molar-refractivity contribution in [2.24, 2.45) is 5.92 Å². The molecule has 0 radical (unpaired) electrons. The standard InChI is InChI=1S/C7H14O2/c1-2-7(9,5-8)6-3-4-6/h6,8-9H,2-5H2,1H3. The fourth-order valence-electron chi connectivity index (χ4n) is 1.15. The highest BCUT2D eigenvalue weighted by Gasteiger charge is 2.41. The van der Waals surface area contributed by atoms with Gasteiger partial charge in [0.2, 0.25) is 0 Å². The van der Waals surface area contributed by atoms with Crippen LogP contribution in [-0.4, -0.2) is 22.4 Å². The Kier molecular flexibility index (Phi) is 1.78. The molecule has 1 atom stereocenters. The van der Waals surface area contributed by atoms with Gasteiger partial charge >= 0.3 is 0 Å². The van der Waals surface area contributed by atoms with Crippen LogP contribution < -0.4 is 0 Å². The first-order valence-corrected chi connectivity index (χ1v) is 3.56. The minimum Gasteiger partial charge on any atom is -0.393 e. The third-order valence-corrected chi connectivity index (χ3v) is 2.22. The van der Waals surface area contributed by atoms with Gasteiger partial charge in [-0.3, -0.25) is 0 Å². The third kappa shape index (κ3) is 1.25. The Labute approximate surface area is 55.5 Å². The zero-order chi connectivity index (χ0) is 6.91. The molecule has 1 fully saturated rings. The van der Waals surface area contributed by atoms with Gasteiger partial charge in [0, 0.05) is 0 Å². The second-order valence-electron chi connectivity index (χ2n) is 2.89. The fourth-order valence-corrected chi connectivity index (χ4v) is 1.15. The van der Waals surface area contributed by atoms with Crippen molar-refractivity contribution >= 4 is 0 Å². The lowest BCUT2D eigenvalue weighted by molar-refractivity contribution is -0.0358. The molecule has 0 aliphatic heterocycles. The Morgan fingerprint density at radius 1 is 1.56 bits per heavy atom. The summed E-state index contributed by atoms with van der Waals surface area (Å²) < 4.78 is 0. The van der Waals surface area contributed by atoms with Crippen LogP contribution in [0, 0.1) is 5.92 Å². The summed E-state index contributed by atoms with van der Waals surface area (Å²) in [6, 6.07) is 0. The number of aliphatic hydroxyl groups excluding tert-OH is 1. The van der Waals surface area contributed by atoms with Crippen molar-refractivity contribution in [3.8, 4) is 0 Å². The fraction of sp³-hybridized carbons (Fsp3) is 1.00. The normalized spacial score (nSPS) is 25.7. The molecule has 1 aliphatic carbocycles. The van der Waals surface area contributed by atoms with Gasteiger partial charge in [-0.05, 0) is 25.2 Å². The summed E-state index contributed by atoms with van der Waals surface area (Å²) in [4.78, 5) is 0. The number of aliphatic hydroxyl groups is 2. The van der Waals surface area contributed by atoms with E-state index in [0.717, 1.165) is 12.8 Å². The van der Waals surface area contributed by atoms with Crippen LogP contribution in [0.5, 0.6) is 0 Å². The van der Waals surface area contributed by atoms with Gasteiger partial charge in [0.25, 0.3) is 0 Å². The van der Waals surface area contributed by atoms with E-state index in [1.807, 2.05) is 6.92 Å². The van der Waals surface area contributed by atoms with Gasteiger partial charge < -0.3 is 10.2 Å². The molecule has 0 aromatic heterocycles. The first-order chi connectivity index (χ1) is 4.23. The van der Waals surface area contributed by atoms with Crippen molar-refractivity contribution < 1.29 is 10.2 Å². The lowest BCUT2D eigenvalue weighted by atomic mass is 9.96. The van der Waals surface area contributed by atoms with E-state index in [1.54, 1.807) is 0 Å². The summed E-state index contributed by atoms with van der Waals surface area (Å²) in [5.41, 5.74) is -0.750. The number of hydrogen-bond donors (Lipinski definition) is 2. The van der Waals surface area contributed by atoms with E-state index < -0.39 is 5.60 Å². The van der Waals surface area contributed by atoms with Crippen molar-refractivity contribution in [3.05, 3.63) is 0 Å². The van der Waals surface area contributed by atoms with Crippen molar-refractivity contribution in [2.75, 3.05) is 6.61 Å². The van der Waals surface area contributed by atoms with Gasteiger partial charge in [0.05, 0.1) is 12.2 Å². The van der Waals surface area contributed by atoms with Gasteiger partial charge in [-0.1, -0.05) is 6.92 Å². The second kappa shape index (κ2) is 2.27. The average molecular weight is 130 g/mol. The van der Waals surface area contributed by atoms with Crippen molar-refractivity contribution in [2.45, 2.75) is 31.8 Å².